The standard InChI is InChI=1S/C23H23ClN2O3S/c1-15-5-12-21(17(3)13-15)25-23(27)18-7-6-16(2)22(14-18)26(4)30(28,29)20-10-8-19(24)9-11-20/h5-14H,1-4H3,(H,25,27). The third-order valence-corrected chi connectivity index (χ3v) is 6.95. The van der Waals surface area contributed by atoms with Crippen LogP contribution in [0.4, 0.5) is 11.4 Å². The minimum Gasteiger partial charge on any atom is -0.322 e. The Bertz CT molecular complexity index is 1210. The maximum Gasteiger partial charge on any atom is 0.264 e. The number of rotatable bonds is 5. The van der Waals surface area contributed by atoms with Crippen molar-refractivity contribution in [2.45, 2.75) is 25.7 Å². The third-order valence-electron chi connectivity index (χ3n) is 4.91. The lowest BCUT2D eigenvalue weighted by Gasteiger charge is -2.22. The van der Waals surface area contributed by atoms with E-state index in [0.717, 1.165) is 22.4 Å². The summed E-state index contributed by atoms with van der Waals surface area (Å²) in [5.41, 5.74) is 4.32. The van der Waals surface area contributed by atoms with E-state index in [1.54, 1.807) is 25.1 Å². The molecule has 3 rings (SSSR count). The van der Waals surface area contributed by atoms with Gasteiger partial charge in [-0.25, -0.2) is 8.42 Å². The van der Waals surface area contributed by atoms with Crippen LogP contribution in [0.15, 0.2) is 65.6 Å². The highest BCUT2D eigenvalue weighted by molar-refractivity contribution is 7.92. The highest BCUT2D eigenvalue weighted by Crippen LogP contribution is 2.28. The zero-order valence-electron chi connectivity index (χ0n) is 17.2. The molecule has 0 aliphatic carbocycles. The van der Waals surface area contributed by atoms with Crippen molar-refractivity contribution in [1.29, 1.82) is 0 Å². The second-order valence-corrected chi connectivity index (χ2v) is 9.61. The fourth-order valence-corrected chi connectivity index (χ4v) is 4.51. The first kappa shape index (κ1) is 21.9. The molecule has 0 unspecified atom stereocenters. The molecule has 0 bridgehead atoms. The number of carbonyl (C=O) groups excluding carboxylic acids is 1. The lowest BCUT2D eigenvalue weighted by atomic mass is 10.1. The summed E-state index contributed by atoms with van der Waals surface area (Å²) in [4.78, 5) is 12.9. The van der Waals surface area contributed by atoms with Gasteiger partial charge in [-0.3, -0.25) is 9.10 Å². The summed E-state index contributed by atoms with van der Waals surface area (Å²) < 4.78 is 27.2. The molecule has 3 aromatic rings. The number of sulfonamides is 1. The van der Waals surface area contributed by atoms with Gasteiger partial charge in [0, 0.05) is 23.3 Å². The van der Waals surface area contributed by atoms with E-state index in [9.17, 15) is 13.2 Å². The van der Waals surface area contributed by atoms with E-state index in [4.69, 9.17) is 11.6 Å². The second-order valence-electron chi connectivity index (χ2n) is 7.20. The van der Waals surface area contributed by atoms with Crippen molar-refractivity contribution >= 4 is 38.9 Å². The largest absolute Gasteiger partial charge is 0.322 e. The summed E-state index contributed by atoms with van der Waals surface area (Å²) in [5, 5.41) is 3.35. The SMILES string of the molecule is Cc1ccc(NC(=O)c2ccc(C)c(N(C)S(=O)(=O)c3ccc(Cl)cc3)c2)c(C)c1. The third kappa shape index (κ3) is 4.50. The molecule has 30 heavy (non-hydrogen) atoms. The number of benzene rings is 3. The average molecular weight is 443 g/mol. The molecule has 0 saturated carbocycles. The molecule has 0 aliphatic rings. The zero-order chi connectivity index (χ0) is 22.1. The van der Waals surface area contributed by atoms with Gasteiger partial charge in [0.05, 0.1) is 10.6 Å². The van der Waals surface area contributed by atoms with Gasteiger partial charge >= 0.3 is 0 Å². The van der Waals surface area contributed by atoms with Crippen LogP contribution < -0.4 is 9.62 Å². The molecule has 5 nitrogen and oxygen atoms in total. The lowest BCUT2D eigenvalue weighted by Crippen LogP contribution is -2.27. The van der Waals surface area contributed by atoms with E-state index >= 15 is 0 Å². The molecule has 0 radical (unpaired) electrons. The molecule has 1 amide bonds. The Balaban J connectivity index is 1.92. The summed E-state index contributed by atoms with van der Waals surface area (Å²) >= 11 is 5.87. The van der Waals surface area contributed by atoms with Crippen LogP contribution >= 0.6 is 11.6 Å². The van der Waals surface area contributed by atoms with Crippen LogP contribution in [0.2, 0.25) is 5.02 Å². The molecule has 3 aromatic carbocycles. The molecule has 0 heterocycles. The maximum absolute atomic E-state index is 13.0. The fourth-order valence-electron chi connectivity index (χ4n) is 3.13. The first-order valence-electron chi connectivity index (χ1n) is 9.33. The summed E-state index contributed by atoms with van der Waals surface area (Å²) in [6, 6.07) is 16.8. The van der Waals surface area contributed by atoms with Gasteiger partial charge in [0.25, 0.3) is 15.9 Å². The number of hydrogen-bond donors (Lipinski definition) is 1. The molecule has 0 spiro atoms. The number of nitrogens with one attached hydrogen (secondary N) is 1. The molecule has 0 atom stereocenters. The topological polar surface area (TPSA) is 66.5 Å². The highest BCUT2D eigenvalue weighted by Gasteiger charge is 2.23. The second kappa shape index (κ2) is 8.50. The minimum absolute atomic E-state index is 0.124. The number of hydrogen-bond acceptors (Lipinski definition) is 3. The van der Waals surface area contributed by atoms with Crippen molar-refractivity contribution in [2.24, 2.45) is 0 Å². The van der Waals surface area contributed by atoms with E-state index in [1.165, 1.54) is 35.6 Å². The Kier molecular flexibility index (Phi) is 6.19. The summed E-state index contributed by atoms with van der Waals surface area (Å²) in [7, 11) is -2.33. The molecule has 156 valence electrons. The van der Waals surface area contributed by atoms with Crippen LogP contribution in [-0.2, 0) is 10.0 Å². The van der Waals surface area contributed by atoms with Crippen LogP contribution in [0.3, 0.4) is 0 Å². The molecule has 7 heteroatoms. The monoisotopic (exact) mass is 442 g/mol. The molecular weight excluding hydrogens is 420 g/mol. The number of aryl methyl sites for hydroxylation is 3. The lowest BCUT2D eigenvalue weighted by molar-refractivity contribution is 0.102. The van der Waals surface area contributed by atoms with Crippen LogP contribution in [0.25, 0.3) is 0 Å². The Hall–Kier alpha value is -2.83. The van der Waals surface area contributed by atoms with Crippen LogP contribution in [-0.4, -0.2) is 21.4 Å². The van der Waals surface area contributed by atoms with Crippen molar-refractivity contribution < 1.29 is 13.2 Å². The zero-order valence-corrected chi connectivity index (χ0v) is 18.8. The van der Waals surface area contributed by atoms with Gasteiger partial charge in [-0.2, -0.15) is 0 Å². The van der Waals surface area contributed by atoms with Gasteiger partial charge < -0.3 is 5.32 Å². The Morgan fingerprint density at radius 3 is 2.20 bits per heavy atom. The summed E-state index contributed by atoms with van der Waals surface area (Å²) in [5.74, 6) is -0.305. The van der Waals surface area contributed by atoms with Crippen molar-refractivity contribution in [3.8, 4) is 0 Å². The van der Waals surface area contributed by atoms with E-state index in [-0.39, 0.29) is 10.8 Å². The van der Waals surface area contributed by atoms with E-state index in [2.05, 4.69) is 5.32 Å². The van der Waals surface area contributed by atoms with E-state index in [0.29, 0.717) is 16.3 Å². The molecule has 0 aliphatic heterocycles. The predicted octanol–water partition coefficient (Wildman–Crippen LogP) is 5.34. The van der Waals surface area contributed by atoms with Gasteiger partial charge in [-0.05, 0) is 74.4 Å². The Labute approximate surface area is 182 Å². The summed E-state index contributed by atoms with van der Waals surface area (Å²) in [6.07, 6.45) is 0. The molecule has 0 fully saturated rings. The highest BCUT2D eigenvalue weighted by atomic mass is 35.5. The van der Waals surface area contributed by atoms with Gasteiger partial charge in [-0.1, -0.05) is 35.4 Å². The molecule has 0 saturated heterocycles. The van der Waals surface area contributed by atoms with Crippen LogP contribution in [0, 0.1) is 20.8 Å². The first-order chi connectivity index (χ1) is 14.1. The van der Waals surface area contributed by atoms with Crippen LogP contribution in [0.1, 0.15) is 27.0 Å². The first-order valence-corrected chi connectivity index (χ1v) is 11.1. The predicted molar refractivity (Wildman–Crippen MR) is 122 cm³/mol. The number of amides is 1. The van der Waals surface area contributed by atoms with Crippen molar-refractivity contribution in [3.05, 3.63) is 87.9 Å². The maximum atomic E-state index is 13.0. The van der Waals surface area contributed by atoms with Gasteiger partial charge in [-0.15, -0.1) is 0 Å². The normalized spacial score (nSPS) is 11.2. The molecule has 0 aromatic heterocycles. The van der Waals surface area contributed by atoms with Gasteiger partial charge in [0.1, 0.15) is 0 Å². The number of carbonyl (C=O) groups is 1. The fraction of sp³-hybridized carbons (Fsp3) is 0.174. The van der Waals surface area contributed by atoms with Crippen molar-refractivity contribution in [2.75, 3.05) is 16.7 Å². The Morgan fingerprint density at radius 1 is 0.900 bits per heavy atom. The molecular formula is C23H23ClN2O3S. The summed E-state index contributed by atoms with van der Waals surface area (Å²) in [6.45, 7) is 5.71. The van der Waals surface area contributed by atoms with Gasteiger partial charge in [0.15, 0.2) is 0 Å². The van der Waals surface area contributed by atoms with Gasteiger partial charge in [0.2, 0.25) is 0 Å². The molecule has 1 N–H and O–H groups in total. The number of nitrogens with zero attached hydrogens (tertiary/aromatic N) is 1. The quantitative estimate of drug-likeness (QED) is 0.579. The smallest absolute Gasteiger partial charge is 0.264 e. The Morgan fingerprint density at radius 2 is 1.57 bits per heavy atom. The van der Waals surface area contributed by atoms with E-state index in [1.807, 2.05) is 32.0 Å². The minimum atomic E-state index is -3.80. The average Bonchev–Trinajstić information content (AvgIpc) is 2.70. The number of anilines is 2. The van der Waals surface area contributed by atoms with Crippen molar-refractivity contribution in [1.82, 2.24) is 0 Å². The van der Waals surface area contributed by atoms with Crippen LogP contribution in [0.5, 0.6) is 0 Å². The van der Waals surface area contributed by atoms with E-state index < -0.39 is 10.0 Å². The number of halogens is 1. The van der Waals surface area contributed by atoms with Crippen molar-refractivity contribution in [3.63, 3.8) is 0 Å².